The first-order valence-electron chi connectivity index (χ1n) is 2.30. The zero-order valence-electron chi connectivity index (χ0n) is 4.14. The average molecular weight is 117 g/mol. The molecule has 0 radical (unpaired) electrons. The van der Waals surface area contributed by atoms with E-state index in [0.717, 1.165) is 0 Å². The third-order valence-corrected chi connectivity index (χ3v) is 0.891. The highest BCUT2D eigenvalue weighted by Crippen LogP contribution is 2.02. The molecule has 0 saturated heterocycles. The van der Waals surface area contributed by atoms with Crippen LogP contribution in [-0.2, 0) is 0 Å². The van der Waals surface area contributed by atoms with Crippen molar-refractivity contribution >= 4 is 5.71 Å². The first kappa shape index (κ1) is 5.41. The van der Waals surface area contributed by atoms with Crippen LogP contribution in [0.3, 0.4) is 0 Å². The van der Waals surface area contributed by atoms with Crippen molar-refractivity contribution in [2.45, 2.75) is 6.43 Å². The number of hydrogen-bond acceptors (Lipinski definition) is 1. The van der Waals surface area contributed by atoms with Crippen LogP contribution >= 0.6 is 0 Å². The number of halogens is 2. The van der Waals surface area contributed by atoms with Gasteiger partial charge < -0.3 is 0 Å². The fourth-order valence-corrected chi connectivity index (χ4v) is 0.526. The Bertz CT molecular complexity index is 137. The molecule has 1 rings (SSSR count). The molecule has 44 valence electrons. The molecule has 0 atom stereocenters. The topological polar surface area (TPSA) is 12.4 Å². The van der Waals surface area contributed by atoms with Crippen LogP contribution in [0.4, 0.5) is 8.78 Å². The molecule has 1 aliphatic rings. The Morgan fingerprint density at radius 2 is 2.38 bits per heavy atom. The predicted molar refractivity (Wildman–Crippen MR) is 27.4 cm³/mol. The number of allylic oxidation sites excluding steroid dienone is 1. The Balaban J connectivity index is 2.58. The minimum absolute atomic E-state index is 0.0926. The summed E-state index contributed by atoms with van der Waals surface area (Å²) in [5.41, 5.74) is -0.0926. The van der Waals surface area contributed by atoms with Gasteiger partial charge in [0.2, 0.25) is 0 Å². The third kappa shape index (κ3) is 0.911. The first-order valence-corrected chi connectivity index (χ1v) is 2.30. The molecule has 0 N–H and O–H groups in total. The van der Waals surface area contributed by atoms with Gasteiger partial charge in [0, 0.05) is 0 Å². The predicted octanol–water partition coefficient (Wildman–Crippen LogP) is 1.26. The van der Waals surface area contributed by atoms with Gasteiger partial charge in [-0.2, -0.15) is 0 Å². The van der Waals surface area contributed by atoms with Crippen molar-refractivity contribution in [1.82, 2.24) is 0 Å². The Morgan fingerprint density at radius 3 is 2.62 bits per heavy atom. The number of aliphatic imine (C=N–C) groups is 1. The van der Waals surface area contributed by atoms with Crippen LogP contribution in [0.5, 0.6) is 0 Å². The average Bonchev–Trinajstić information content (AvgIpc) is 2.12. The van der Waals surface area contributed by atoms with Crippen molar-refractivity contribution in [2.75, 3.05) is 6.54 Å². The fraction of sp³-hybridized carbons (Fsp3) is 0.400. The number of rotatable bonds is 1. The van der Waals surface area contributed by atoms with Crippen molar-refractivity contribution in [1.29, 1.82) is 0 Å². The maximum atomic E-state index is 11.6. The summed E-state index contributed by atoms with van der Waals surface area (Å²) in [7, 11) is 0. The van der Waals surface area contributed by atoms with E-state index >= 15 is 0 Å². The Labute approximate surface area is 45.7 Å². The minimum atomic E-state index is -2.39. The van der Waals surface area contributed by atoms with Gasteiger partial charge in [-0.15, -0.1) is 0 Å². The summed E-state index contributed by atoms with van der Waals surface area (Å²) in [5.74, 6) is 0. The second-order valence-corrected chi connectivity index (χ2v) is 1.47. The van der Waals surface area contributed by atoms with Crippen LogP contribution in [-0.4, -0.2) is 18.7 Å². The molecule has 0 amide bonds. The molecule has 0 saturated carbocycles. The second kappa shape index (κ2) is 2.03. The van der Waals surface area contributed by atoms with E-state index in [1.807, 2.05) is 0 Å². The van der Waals surface area contributed by atoms with Gasteiger partial charge in [-0.3, -0.25) is 4.99 Å². The van der Waals surface area contributed by atoms with E-state index in [0.29, 0.717) is 6.54 Å². The van der Waals surface area contributed by atoms with Gasteiger partial charge in [-0.25, -0.2) is 8.78 Å². The van der Waals surface area contributed by atoms with E-state index in [-0.39, 0.29) is 5.71 Å². The van der Waals surface area contributed by atoms with E-state index in [4.69, 9.17) is 0 Å². The molecular formula is C5H5F2N. The summed E-state index contributed by atoms with van der Waals surface area (Å²) in [4.78, 5) is 3.49. The van der Waals surface area contributed by atoms with E-state index in [1.54, 1.807) is 6.08 Å². The van der Waals surface area contributed by atoms with Gasteiger partial charge in [0.05, 0.1) is 6.54 Å². The monoisotopic (exact) mass is 117 g/mol. The van der Waals surface area contributed by atoms with Gasteiger partial charge in [0.15, 0.2) is 0 Å². The molecule has 1 nitrogen and oxygen atoms in total. The van der Waals surface area contributed by atoms with E-state index < -0.39 is 6.43 Å². The van der Waals surface area contributed by atoms with Crippen LogP contribution in [0.25, 0.3) is 0 Å². The molecule has 0 unspecified atom stereocenters. The molecule has 0 aromatic carbocycles. The van der Waals surface area contributed by atoms with Crippen LogP contribution in [0.15, 0.2) is 17.1 Å². The van der Waals surface area contributed by atoms with E-state index in [1.165, 1.54) is 6.08 Å². The van der Waals surface area contributed by atoms with Gasteiger partial charge in [-0.1, -0.05) is 6.08 Å². The zero-order chi connectivity index (χ0) is 5.98. The molecule has 0 aromatic rings. The maximum absolute atomic E-state index is 11.6. The summed E-state index contributed by atoms with van der Waals surface area (Å²) in [6.45, 7) is 0.416. The minimum Gasteiger partial charge on any atom is -0.280 e. The van der Waals surface area contributed by atoms with Gasteiger partial charge in [0.25, 0.3) is 6.43 Å². The molecule has 8 heavy (non-hydrogen) atoms. The van der Waals surface area contributed by atoms with Crippen molar-refractivity contribution in [3.63, 3.8) is 0 Å². The SMILES string of the molecule is FC(F)C1=NCC=C1. The molecule has 0 spiro atoms. The zero-order valence-corrected chi connectivity index (χ0v) is 4.14. The number of hydrogen-bond donors (Lipinski definition) is 0. The highest BCUT2D eigenvalue weighted by molar-refractivity contribution is 5.98. The second-order valence-electron chi connectivity index (χ2n) is 1.47. The summed E-state index contributed by atoms with van der Waals surface area (Å²) in [5, 5.41) is 0. The van der Waals surface area contributed by atoms with Crippen LogP contribution in [0, 0.1) is 0 Å². The number of nitrogens with zero attached hydrogens (tertiary/aromatic N) is 1. The molecule has 0 fully saturated rings. The highest BCUT2D eigenvalue weighted by atomic mass is 19.3. The standard InChI is InChI=1S/C5H5F2N/c6-5(7)4-2-1-3-8-4/h1-2,5H,3H2. The first-order chi connectivity index (χ1) is 3.80. The van der Waals surface area contributed by atoms with Crippen LogP contribution in [0.1, 0.15) is 0 Å². The van der Waals surface area contributed by atoms with Crippen molar-refractivity contribution in [2.24, 2.45) is 4.99 Å². The van der Waals surface area contributed by atoms with Gasteiger partial charge >= 0.3 is 0 Å². The molecule has 1 heterocycles. The quantitative estimate of drug-likeness (QED) is 0.490. The van der Waals surface area contributed by atoms with E-state index in [2.05, 4.69) is 4.99 Å². The van der Waals surface area contributed by atoms with Crippen LogP contribution in [0.2, 0.25) is 0 Å². The Morgan fingerprint density at radius 1 is 1.62 bits per heavy atom. The number of alkyl halides is 2. The summed E-state index contributed by atoms with van der Waals surface area (Å²) in [6, 6.07) is 0. The van der Waals surface area contributed by atoms with Crippen molar-refractivity contribution in [3.8, 4) is 0 Å². The molecular weight excluding hydrogens is 112 g/mol. The van der Waals surface area contributed by atoms with Crippen LogP contribution < -0.4 is 0 Å². The highest BCUT2D eigenvalue weighted by Gasteiger charge is 2.10. The lowest BCUT2D eigenvalue weighted by Crippen LogP contribution is -2.03. The molecule has 1 aliphatic heterocycles. The van der Waals surface area contributed by atoms with Gasteiger partial charge in [0.1, 0.15) is 5.71 Å². The van der Waals surface area contributed by atoms with Crippen molar-refractivity contribution < 1.29 is 8.78 Å². The Hall–Kier alpha value is -0.730. The normalized spacial score (nSPS) is 17.6. The summed E-state index contributed by atoms with van der Waals surface area (Å²) >= 11 is 0. The molecule has 0 bridgehead atoms. The lowest BCUT2D eigenvalue weighted by Gasteiger charge is -1.90. The van der Waals surface area contributed by atoms with Gasteiger partial charge in [-0.05, 0) is 6.08 Å². The summed E-state index contributed by atoms with van der Waals surface area (Å²) in [6.07, 6.45) is 0.570. The molecule has 3 heteroatoms. The maximum Gasteiger partial charge on any atom is 0.279 e. The lowest BCUT2D eigenvalue weighted by atomic mass is 10.4. The molecule has 0 aliphatic carbocycles. The lowest BCUT2D eigenvalue weighted by molar-refractivity contribution is 0.227. The van der Waals surface area contributed by atoms with E-state index in [9.17, 15) is 8.78 Å². The Kier molecular flexibility index (Phi) is 1.37. The smallest absolute Gasteiger partial charge is 0.279 e. The third-order valence-electron chi connectivity index (χ3n) is 0.891. The fourth-order valence-electron chi connectivity index (χ4n) is 0.526. The largest absolute Gasteiger partial charge is 0.280 e. The molecule has 0 aromatic heterocycles. The summed E-state index contributed by atoms with van der Waals surface area (Å²) < 4.78 is 23.1. The van der Waals surface area contributed by atoms with Crippen molar-refractivity contribution in [3.05, 3.63) is 12.2 Å².